The molecule has 3 rings (SSSR count). The summed E-state index contributed by atoms with van der Waals surface area (Å²) in [6.07, 6.45) is -2.98. The van der Waals surface area contributed by atoms with E-state index in [1.165, 1.54) is 30.3 Å². The number of nitrogens with zero attached hydrogens (tertiary/aromatic N) is 1. The van der Waals surface area contributed by atoms with E-state index in [1.807, 2.05) is 0 Å². The van der Waals surface area contributed by atoms with Crippen molar-refractivity contribution >= 4 is 34.8 Å². The minimum absolute atomic E-state index is 0.00343. The van der Waals surface area contributed by atoms with Gasteiger partial charge in [0.1, 0.15) is 27.9 Å². The summed E-state index contributed by atoms with van der Waals surface area (Å²) < 4.78 is 49.4. The molecule has 0 bridgehead atoms. The summed E-state index contributed by atoms with van der Waals surface area (Å²) in [5.74, 6) is -1.32. The molecular formula is C22H18F3NO5S. The molecule has 1 N–H and O–H groups in total. The fraction of sp³-hybridized carbons (Fsp3) is 0.227. The Balaban J connectivity index is 1.95. The molecule has 168 valence electrons. The van der Waals surface area contributed by atoms with Crippen molar-refractivity contribution in [2.24, 2.45) is 4.99 Å². The number of esters is 1. The lowest BCUT2D eigenvalue weighted by molar-refractivity contribution is -0.138. The van der Waals surface area contributed by atoms with Crippen molar-refractivity contribution in [2.75, 3.05) is 6.61 Å². The number of ether oxygens (including phenoxy) is 1. The monoisotopic (exact) mass is 465 g/mol. The smallest absolute Gasteiger partial charge is 0.416 e. The minimum atomic E-state index is -4.49. The standard InChI is InChI=1S/C22H18F3NO5S/c1-3-17(27)26-20-18(21(29)30-4-2)19(28)16(32-20)11-14-8-9-15(31-14)12-6-5-7-13(10-12)22(23,24)25/h5-11,28H,3-4H2,1-2H3/b16-11-,26-20?. The van der Waals surface area contributed by atoms with E-state index in [9.17, 15) is 27.9 Å². The summed E-state index contributed by atoms with van der Waals surface area (Å²) in [7, 11) is 0. The second-order valence-corrected chi connectivity index (χ2v) is 7.53. The summed E-state index contributed by atoms with van der Waals surface area (Å²) in [5.41, 5.74) is -0.806. The van der Waals surface area contributed by atoms with E-state index >= 15 is 0 Å². The van der Waals surface area contributed by atoms with E-state index in [2.05, 4.69) is 4.99 Å². The number of alkyl halides is 3. The Hall–Kier alpha value is -3.27. The van der Waals surface area contributed by atoms with Crippen molar-refractivity contribution < 1.29 is 37.0 Å². The maximum atomic E-state index is 13.0. The molecule has 10 heteroatoms. The summed E-state index contributed by atoms with van der Waals surface area (Å²) >= 11 is 0.887. The first kappa shape index (κ1) is 23.4. The number of aliphatic hydroxyl groups excluding tert-OH is 1. The third-order valence-electron chi connectivity index (χ3n) is 4.27. The van der Waals surface area contributed by atoms with Crippen LogP contribution in [-0.2, 0) is 20.5 Å². The van der Waals surface area contributed by atoms with E-state index < -0.39 is 29.4 Å². The molecule has 2 aromatic rings. The number of hydrogen-bond donors (Lipinski definition) is 1. The average Bonchev–Trinajstić information content (AvgIpc) is 3.32. The fourth-order valence-electron chi connectivity index (χ4n) is 2.75. The van der Waals surface area contributed by atoms with Gasteiger partial charge in [0.05, 0.1) is 17.1 Å². The molecule has 0 radical (unpaired) electrons. The number of aliphatic imine (C=N–C) groups is 1. The van der Waals surface area contributed by atoms with Crippen LogP contribution in [0.25, 0.3) is 17.4 Å². The zero-order chi connectivity index (χ0) is 23.5. The Kier molecular flexibility index (Phi) is 6.93. The van der Waals surface area contributed by atoms with Crippen LogP contribution in [0.4, 0.5) is 13.2 Å². The van der Waals surface area contributed by atoms with Crippen LogP contribution >= 0.6 is 11.8 Å². The largest absolute Gasteiger partial charge is 0.506 e. The number of thioether (sulfide) groups is 1. The van der Waals surface area contributed by atoms with Gasteiger partial charge in [0.2, 0.25) is 5.91 Å². The van der Waals surface area contributed by atoms with E-state index in [1.54, 1.807) is 13.8 Å². The topological polar surface area (TPSA) is 89.1 Å². The molecule has 1 aliphatic heterocycles. The SMILES string of the molecule is CCOC(=O)C1=C(O)/C(=C/c2ccc(-c3cccc(C(F)(F)F)c3)o2)SC1=NC(=O)CC. The van der Waals surface area contributed by atoms with Gasteiger partial charge in [-0.15, -0.1) is 0 Å². The summed E-state index contributed by atoms with van der Waals surface area (Å²) in [4.78, 5) is 28.0. The molecule has 1 aliphatic rings. The number of aliphatic hydroxyl groups is 1. The Bertz CT molecular complexity index is 1140. The first-order chi connectivity index (χ1) is 15.1. The number of carbonyl (C=O) groups excluding carboxylic acids is 2. The van der Waals surface area contributed by atoms with Gasteiger partial charge in [0.25, 0.3) is 0 Å². The highest BCUT2D eigenvalue weighted by atomic mass is 32.2. The van der Waals surface area contributed by atoms with Crippen LogP contribution < -0.4 is 0 Å². The third kappa shape index (κ3) is 5.13. The average molecular weight is 465 g/mol. The molecule has 0 fully saturated rings. The molecule has 1 amide bonds. The second-order valence-electron chi connectivity index (χ2n) is 6.50. The van der Waals surface area contributed by atoms with Gasteiger partial charge < -0.3 is 14.3 Å². The van der Waals surface area contributed by atoms with Crippen molar-refractivity contribution in [2.45, 2.75) is 26.4 Å². The van der Waals surface area contributed by atoms with Crippen molar-refractivity contribution in [3.05, 3.63) is 64.0 Å². The number of furan rings is 1. The van der Waals surface area contributed by atoms with Gasteiger partial charge in [-0.3, -0.25) is 4.79 Å². The lowest BCUT2D eigenvalue weighted by Gasteiger charge is -2.07. The normalized spacial score (nSPS) is 16.8. The van der Waals surface area contributed by atoms with Gasteiger partial charge >= 0.3 is 12.1 Å². The molecule has 2 heterocycles. The maximum absolute atomic E-state index is 13.0. The third-order valence-corrected chi connectivity index (χ3v) is 5.29. The Morgan fingerprint density at radius 3 is 2.62 bits per heavy atom. The van der Waals surface area contributed by atoms with Crippen molar-refractivity contribution in [3.8, 4) is 11.3 Å². The van der Waals surface area contributed by atoms with Crippen LogP contribution in [0.5, 0.6) is 0 Å². The fourth-order valence-corrected chi connectivity index (χ4v) is 3.76. The van der Waals surface area contributed by atoms with Crippen LogP contribution in [0.1, 0.15) is 31.6 Å². The first-order valence-corrected chi connectivity index (χ1v) is 10.3. The molecule has 1 aromatic heterocycles. The molecular weight excluding hydrogens is 447 g/mol. The van der Waals surface area contributed by atoms with Gasteiger partial charge in [-0.1, -0.05) is 30.8 Å². The zero-order valence-corrected chi connectivity index (χ0v) is 17.8. The number of rotatable bonds is 5. The number of benzene rings is 1. The summed E-state index contributed by atoms with van der Waals surface area (Å²) in [5, 5.41) is 10.5. The maximum Gasteiger partial charge on any atom is 0.416 e. The number of hydrogen-bond acceptors (Lipinski definition) is 6. The van der Waals surface area contributed by atoms with Gasteiger partial charge in [0.15, 0.2) is 0 Å². The zero-order valence-electron chi connectivity index (χ0n) is 17.0. The van der Waals surface area contributed by atoms with Crippen LogP contribution in [-0.4, -0.2) is 28.6 Å². The highest BCUT2D eigenvalue weighted by Crippen LogP contribution is 2.40. The Morgan fingerprint density at radius 1 is 1.22 bits per heavy atom. The van der Waals surface area contributed by atoms with E-state index in [0.29, 0.717) is 0 Å². The lowest BCUT2D eigenvalue weighted by Crippen LogP contribution is -2.14. The van der Waals surface area contributed by atoms with Gasteiger partial charge in [-0.25, -0.2) is 9.79 Å². The number of carbonyl (C=O) groups is 2. The van der Waals surface area contributed by atoms with Crippen molar-refractivity contribution in [1.29, 1.82) is 0 Å². The van der Waals surface area contributed by atoms with Gasteiger partial charge in [-0.05, 0) is 37.3 Å². The molecule has 6 nitrogen and oxygen atoms in total. The van der Waals surface area contributed by atoms with Crippen LogP contribution in [0.15, 0.2) is 62.0 Å². The Labute approximate surface area is 185 Å². The van der Waals surface area contributed by atoms with Crippen LogP contribution in [0.2, 0.25) is 0 Å². The van der Waals surface area contributed by atoms with Crippen molar-refractivity contribution in [3.63, 3.8) is 0 Å². The van der Waals surface area contributed by atoms with E-state index in [0.717, 1.165) is 23.9 Å². The number of amides is 1. The highest BCUT2D eigenvalue weighted by molar-refractivity contribution is 8.18. The molecule has 0 atom stereocenters. The molecule has 0 unspecified atom stereocenters. The molecule has 32 heavy (non-hydrogen) atoms. The molecule has 0 aliphatic carbocycles. The Morgan fingerprint density at radius 2 is 1.97 bits per heavy atom. The molecule has 0 saturated heterocycles. The second kappa shape index (κ2) is 9.47. The van der Waals surface area contributed by atoms with E-state index in [-0.39, 0.29) is 45.6 Å². The predicted molar refractivity (Wildman–Crippen MR) is 114 cm³/mol. The molecule has 0 saturated carbocycles. The lowest BCUT2D eigenvalue weighted by atomic mass is 10.1. The molecule has 0 spiro atoms. The summed E-state index contributed by atoms with van der Waals surface area (Å²) in [6, 6.07) is 7.68. The predicted octanol–water partition coefficient (Wildman–Crippen LogP) is 5.76. The quantitative estimate of drug-likeness (QED) is 0.565. The summed E-state index contributed by atoms with van der Waals surface area (Å²) in [6.45, 7) is 3.27. The van der Waals surface area contributed by atoms with Crippen LogP contribution in [0, 0.1) is 0 Å². The minimum Gasteiger partial charge on any atom is -0.506 e. The van der Waals surface area contributed by atoms with Crippen molar-refractivity contribution in [1.82, 2.24) is 0 Å². The van der Waals surface area contributed by atoms with Crippen LogP contribution in [0.3, 0.4) is 0 Å². The first-order valence-electron chi connectivity index (χ1n) is 9.53. The number of halogens is 3. The highest BCUT2D eigenvalue weighted by Gasteiger charge is 2.34. The van der Waals surface area contributed by atoms with Gasteiger partial charge in [-0.2, -0.15) is 13.2 Å². The molecule has 1 aromatic carbocycles. The van der Waals surface area contributed by atoms with Gasteiger partial charge in [0, 0.05) is 12.0 Å². The van der Waals surface area contributed by atoms with E-state index in [4.69, 9.17) is 9.15 Å².